The van der Waals surface area contributed by atoms with Crippen LogP contribution in [0.15, 0.2) is 0 Å². The number of amides is 3. The molecule has 0 aliphatic carbocycles. The summed E-state index contributed by atoms with van der Waals surface area (Å²) in [6.45, 7) is 0. The molecule has 0 aromatic heterocycles. The minimum atomic E-state index is -1.41. The van der Waals surface area contributed by atoms with Gasteiger partial charge in [0.25, 0.3) is 0 Å². The van der Waals surface area contributed by atoms with Crippen molar-refractivity contribution in [3.63, 3.8) is 0 Å². The van der Waals surface area contributed by atoms with E-state index in [0.29, 0.717) is 5.01 Å². The summed E-state index contributed by atoms with van der Waals surface area (Å²) in [4.78, 5) is 31.4. The van der Waals surface area contributed by atoms with Crippen molar-refractivity contribution in [2.45, 2.75) is 12.8 Å². The standard InChI is InChI=1S/C5H6N2O4/c8-3-1-2-4(9)7(3)6-5(10)11/h6H,1-2H2,(H,10,11). The number of carbonyl (C=O) groups excluding carboxylic acids is 2. The summed E-state index contributed by atoms with van der Waals surface area (Å²) in [6.07, 6.45) is -1.24. The minimum absolute atomic E-state index is 0.0825. The van der Waals surface area contributed by atoms with E-state index < -0.39 is 17.9 Å². The first kappa shape index (κ1) is 7.52. The Balaban J connectivity index is 2.62. The van der Waals surface area contributed by atoms with Crippen LogP contribution in [0.3, 0.4) is 0 Å². The van der Waals surface area contributed by atoms with Gasteiger partial charge in [0, 0.05) is 12.8 Å². The molecule has 0 aromatic rings. The lowest BCUT2D eigenvalue weighted by Gasteiger charge is -2.10. The number of hydrogen-bond acceptors (Lipinski definition) is 3. The molecule has 0 aromatic carbocycles. The number of nitrogens with zero attached hydrogens (tertiary/aromatic N) is 1. The molecule has 2 N–H and O–H groups in total. The Kier molecular flexibility index (Phi) is 1.75. The summed E-state index contributed by atoms with van der Waals surface area (Å²) < 4.78 is 0. The molecule has 1 fully saturated rings. The average molecular weight is 158 g/mol. The van der Waals surface area contributed by atoms with Crippen molar-refractivity contribution in [3.8, 4) is 0 Å². The summed E-state index contributed by atoms with van der Waals surface area (Å²) in [5.41, 5.74) is 1.69. The molecule has 0 bridgehead atoms. The van der Waals surface area contributed by atoms with Gasteiger partial charge in [-0.15, -0.1) is 0 Å². The third-order valence-corrected chi connectivity index (χ3v) is 1.26. The van der Waals surface area contributed by atoms with E-state index in [4.69, 9.17) is 5.11 Å². The molecule has 0 unspecified atom stereocenters. The lowest BCUT2D eigenvalue weighted by atomic mass is 10.4. The summed E-state index contributed by atoms with van der Waals surface area (Å²) in [5.74, 6) is -1.00. The number of carboxylic acid groups (broad SMARTS) is 1. The summed E-state index contributed by atoms with van der Waals surface area (Å²) >= 11 is 0. The molecule has 0 radical (unpaired) electrons. The van der Waals surface area contributed by atoms with E-state index in [2.05, 4.69) is 0 Å². The van der Waals surface area contributed by atoms with Crippen molar-refractivity contribution >= 4 is 17.9 Å². The maximum Gasteiger partial charge on any atom is 0.424 e. The zero-order valence-electron chi connectivity index (χ0n) is 5.53. The minimum Gasteiger partial charge on any atom is -0.464 e. The Morgan fingerprint density at radius 3 is 2.18 bits per heavy atom. The van der Waals surface area contributed by atoms with E-state index in [1.54, 1.807) is 5.43 Å². The maximum atomic E-state index is 10.7. The van der Waals surface area contributed by atoms with Crippen LogP contribution in [0.5, 0.6) is 0 Å². The highest BCUT2D eigenvalue weighted by Crippen LogP contribution is 2.07. The first-order valence-electron chi connectivity index (χ1n) is 2.96. The van der Waals surface area contributed by atoms with Crippen LogP contribution in [0.1, 0.15) is 12.8 Å². The fourth-order valence-corrected chi connectivity index (χ4v) is 0.797. The van der Waals surface area contributed by atoms with Crippen LogP contribution in [0.25, 0.3) is 0 Å². The molecule has 0 atom stereocenters. The molecular weight excluding hydrogens is 152 g/mol. The molecule has 6 nitrogen and oxygen atoms in total. The van der Waals surface area contributed by atoms with Gasteiger partial charge in [-0.2, -0.15) is 5.01 Å². The SMILES string of the molecule is O=C(O)NN1C(=O)CCC1=O. The monoisotopic (exact) mass is 158 g/mol. The van der Waals surface area contributed by atoms with Crippen LogP contribution >= 0.6 is 0 Å². The molecule has 0 spiro atoms. The molecule has 60 valence electrons. The van der Waals surface area contributed by atoms with Gasteiger partial charge < -0.3 is 5.11 Å². The lowest BCUT2D eigenvalue weighted by Crippen LogP contribution is -2.44. The van der Waals surface area contributed by atoms with E-state index in [1.165, 1.54) is 0 Å². The van der Waals surface area contributed by atoms with Gasteiger partial charge in [-0.05, 0) is 0 Å². The van der Waals surface area contributed by atoms with Gasteiger partial charge in [0.1, 0.15) is 0 Å². The van der Waals surface area contributed by atoms with Gasteiger partial charge in [-0.25, -0.2) is 10.2 Å². The number of hydrogen-bond donors (Lipinski definition) is 2. The zero-order chi connectivity index (χ0) is 8.43. The lowest BCUT2D eigenvalue weighted by molar-refractivity contribution is -0.141. The predicted molar refractivity (Wildman–Crippen MR) is 32.2 cm³/mol. The predicted octanol–water partition coefficient (Wildman–Crippen LogP) is -0.682. The van der Waals surface area contributed by atoms with Crippen molar-refractivity contribution in [1.82, 2.24) is 10.4 Å². The van der Waals surface area contributed by atoms with E-state index in [0.717, 1.165) is 0 Å². The fourth-order valence-electron chi connectivity index (χ4n) is 0.797. The van der Waals surface area contributed by atoms with Gasteiger partial charge in [0.2, 0.25) is 11.8 Å². The van der Waals surface area contributed by atoms with Crippen LogP contribution in [-0.2, 0) is 9.59 Å². The third kappa shape index (κ3) is 1.46. The van der Waals surface area contributed by atoms with Crippen LogP contribution in [0, 0.1) is 0 Å². The molecule has 0 saturated carbocycles. The number of hydrazine groups is 1. The fraction of sp³-hybridized carbons (Fsp3) is 0.400. The highest BCUT2D eigenvalue weighted by molar-refractivity contribution is 6.02. The van der Waals surface area contributed by atoms with E-state index in [1.807, 2.05) is 0 Å². The number of rotatable bonds is 1. The zero-order valence-corrected chi connectivity index (χ0v) is 5.53. The van der Waals surface area contributed by atoms with E-state index in [9.17, 15) is 14.4 Å². The second kappa shape index (κ2) is 2.57. The maximum absolute atomic E-state index is 10.7. The molecule has 1 saturated heterocycles. The average Bonchev–Trinajstić information content (AvgIpc) is 2.18. The van der Waals surface area contributed by atoms with Crippen molar-refractivity contribution < 1.29 is 19.5 Å². The van der Waals surface area contributed by atoms with Crippen molar-refractivity contribution in [1.29, 1.82) is 0 Å². The Bertz CT molecular complexity index is 209. The Morgan fingerprint density at radius 2 is 1.82 bits per heavy atom. The van der Waals surface area contributed by atoms with E-state index >= 15 is 0 Å². The van der Waals surface area contributed by atoms with Crippen LogP contribution in [0.2, 0.25) is 0 Å². The Morgan fingerprint density at radius 1 is 1.36 bits per heavy atom. The number of carbonyl (C=O) groups is 3. The first-order chi connectivity index (χ1) is 5.11. The third-order valence-electron chi connectivity index (χ3n) is 1.26. The van der Waals surface area contributed by atoms with Gasteiger partial charge >= 0.3 is 6.09 Å². The molecule has 1 rings (SSSR count). The van der Waals surface area contributed by atoms with Crippen molar-refractivity contribution in [2.75, 3.05) is 0 Å². The van der Waals surface area contributed by atoms with Crippen LogP contribution in [-0.4, -0.2) is 28.0 Å². The van der Waals surface area contributed by atoms with Crippen molar-refractivity contribution in [3.05, 3.63) is 0 Å². The van der Waals surface area contributed by atoms with Crippen LogP contribution < -0.4 is 5.43 Å². The quantitative estimate of drug-likeness (QED) is 0.495. The Hall–Kier alpha value is -1.59. The van der Waals surface area contributed by atoms with Crippen LogP contribution in [0.4, 0.5) is 4.79 Å². The van der Waals surface area contributed by atoms with Crippen molar-refractivity contribution in [2.24, 2.45) is 0 Å². The smallest absolute Gasteiger partial charge is 0.424 e. The molecule has 11 heavy (non-hydrogen) atoms. The molecular formula is C5H6N2O4. The largest absolute Gasteiger partial charge is 0.464 e. The topological polar surface area (TPSA) is 86.7 Å². The van der Waals surface area contributed by atoms with Gasteiger partial charge in [-0.3, -0.25) is 9.59 Å². The first-order valence-corrected chi connectivity index (χ1v) is 2.96. The molecule has 1 heterocycles. The summed E-state index contributed by atoms with van der Waals surface area (Å²) in [7, 11) is 0. The molecule has 1 aliphatic heterocycles. The van der Waals surface area contributed by atoms with Gasteiger partial charge in [-0.1, -0.05) is 0 Å². The summed E-state index contributed by atoms with van der Waals surface area (Å²) in [5, 5.41) is 8.67. The molecule has 1 aliphatic rings. The number of nitrogens with one attached hydrogen (secondary N) is 1. The summed E-state index contributed by atoms with van der Waals surface area (Å²) in [6, 6.07) is 0. The molecule has 3 amide bonds. The number of imide groups is 1. The van der Waals surface area contributed by atoms with Gasteiger partial charge in [0.15, 0.2) is 0 Å². The highest BCUT2D eigenvalue weighted by atomic mass is 16.4. The second-order valence-electron chi connectivity index (χ2n) is 2.04. The second-order valence-corrected chi connectivity index (χ2v) is 2.04. The van der Waals surface area contributed by atoms with Gasteiger partial charge in [0.05, 0.1) is 0 Å². The highest BCUT2D eigenvalue weighted by Gasteiger charge is 2.30. The Labute approximate surface area is 61.8 Å². The molecule has 6 heteroatoms. The normalized spacial score (nSPS) is 17.3. The van der Waals surface area contributed by atoms with E-state index in [-0.39, 0.29) is 12.8 Å².